The summed E-state index contributed by atoms with van der Waals surface area (Å²) in [5, 5.41) is 9.58. The molecule has 1 aliphatic heterocycles. The highest BCUT2D eigenvalue weighted by molar-refractivity contribution is 14.0. The molecule has 1 saturated carbocycles. The highest BCUT2D eigenvalue weighted by atomic mass is 127. The van der Waals surface area contributed by atoms with Gasteiger partial charge in [0.15, 0.2) is 5.96 Å². The van der Waals surface area contributed by atoms with Crippen molar-refractivity contribution in [3.05, 3.63) is 35.4 Å². The zero-order valence-corrected chi connectivity index (χ0v) is 19.4. The van der Waals surface area contributed by atoms with Crippen molar-refractivity contribution in [2.45, 2.75) is 45.7 Å². The number of nitrogens with zero attached hydrogens (tertiary/aromatic N) is 2. The summed E-state index contributed by atoms with van der Waals surface area (Å²) < 4.78 is 0. The Kier molecular flexibility index (Phi) is 9.50. The zero-order chi connectivity index (χ0) is 19.1. The van der Waals surface area contributed by atoms with Crippen LogP contribution in [-0.2, 0) is 17.8 Å². The van der Waals surface area contributed by atoms with Crippen molar-refractivity contribution in [3.8, 4) is 0 Å². The first kappa shape index (κ1) is 22.9. The van der Waals surface area contributed by atoms with E-state index in [2.05, 4.69) is 59.0 Å². The zero-order valence-electron chi connectivity index (χ0n) is 17.0. The van der Waals surface area contributed by atoms with Crippen LogP contribution < -0.4 is 16.0 Å². The van der Waals surface area contributed by atoms with Gasteiger partial charge in [-0.1, -0.05) is 24.3 Å². The molecule has 1 heterocycles. The molecular weight excluding hydrogens is 465 g/mol. The summed E-state index contributed by atoms with van der Waals surface area (Å²) >= 11 is 0. The molecule has 1 aliphatic carbocycles. The summed E-state index contributed by atoms with van der Waals surface area (Å²) in [6.07, 6.45) is 3.20. The maximum atomic E-state index is 11.7. The lowest BCUT2D eigenvalue weighted by Gasteiger charge is -2.33. The summed E-state index contributed by atoms with van der Waals surface area (Å²) in [7, 11) is 0. The summed E-state index contributed by atoms with van der Waals surface area (Å²) in [6, 6.07) is 9.12. The molecule has 0 spiro atoms. The normalized spacial score (nSPS) is 17.9. The van der Waals surface area contributed by atoms with E-state index in [1.165, 1.54) is 11.1 Å². The second-order valence-corrected chi connectivity index (χ2v) is 7.55. The fraction of sp³-hybridized carbons (Fsp3) is 0.619. The van der Waals surface area contributed by atoms with E-state index in [1.54, 1.807) is 0 Å². The number of fused-ring (bicyclic) bond motifs is 1. The Balaban J connectivity index is 0.00000280. The van der Waals surface area contributed by atoms with Gasteiger partial charge in [0, 0.05) is 44.7 Å². The van der Waals surface area contributed by atoms with Crippen LogP contribution >= 0.6 is 24.0 Å². The maximum absolute atomic E-state index is 11.7. The molecule has 1 atom stereocenters. The Hall–Kier alpha value is -1.35. The maximum Gasteiger partial charge on any atom is 0.223 e. The van der Waals surface area contributed by atoms with E-state index in [4.69, 9.17) is 4.99 Å². The average Bonchev–Trinajstić information content (AvgIpc) is 3.53. The number of hydrogen-bond acceptors (Lipinski definition) is 3. The Morgan fingerprint density at radius 3 is 2.61 bits per heavy atom. The topological polar surface area (TPSA) is 68.8 Å². The monoisotopic (exact) mass is 499 g/mol. The third-order valence-corrected chi connectivity index (χ3v) is 5.31. The van der Waals surface area contributed by atoms with Crippen LogP contribution in [0.25, 0.3) is 0 Å². The van der Waals surface area contributed by atoms with Crippen molar-refractivity contribution < 1.29 is 4.79 Å². The molecule has 6 nitrogen and oxygen atoms in total. The largest absolute Gasteiger partial charge is 0.357 e. The first-order valence-corrected chi connectivity index (χ1v) is 10.3. The van der Waals surface area contributed by atoms with Gasteiger partial charge in [-0.15, -0.1) is 24.0 Å². The van der Waals surface area contributed by atoms with E-state index in [0.29, 0.717) is 19.1 Å². The number of rotatable bonds is 8. The van der Waals surface area contributed by atoms with Crippen molar-refractivity contribution in [2.24, 2.45) is 10.9 Å². The number of guanidine groups is 1. The first-order chi connectivity index (χ1) is 13.2. The number of carbonyl (C=O) groups excluding carboxylic acids is 1. The van der Waals surface area contributed by atoms with Gasteiger partial charge in [0.05, 0.1) is 6.54 Å². The Morgan fingerprint density at radius 2 is 1.89 bits per heavy atom. The molecule has 1 unspecified atom stereocenters. The van der Waals surface area contributed by atoms with Gasteiger partial charge in [0.25, 0.3) is 0 Å². The van der Waals surface area contributed by atoms with Gasteiger partial charge in [-0.2, -0.15) is 0 Å². The number of carbonyl (C=O) groups is 1. The van der Waals surface area contributed by atoms with Gasteiger partial charge in [-0.05, 0) is 44.2 Å². The molecule has 0 aromatic heterocycles. The smallest absolute Gasteiger partial charge is 0.223 e. The highest BCUT2D eigenvalue weighted by Crippen LogP contribution is 2.28. The van der Waals surface area contributed by atoms with E-state index >= 15 is 0 Å². The highest BCUT2D eigenvalue weighted by Gasteiger charge is 2.29. The van der Waals surface area contributed by atoms with Crippen molar-refractivity contribution in [1.82, 2.24) is 20.9 Å². The summed E-state index contributed by atoms with van der Waals surface area (Å²) in [6.45, 7) is 9.31. The third-order valence-electron chi connectivity index (χ3n) is 5.31. The molecule has 28 heavy (non-hydrogen) atoms. The standard InChI is InChI=1S/C21H33N5O.HI/c1-3-22-21(24-12-11-23-20(27)18-8-9-18)25-14-16(2)26-13-10-17-6-4-5-7-19(17)15-26;/h4-7,16,18H,3,8-15H2,1-2H3,(H,23,27)(H2,22,24,25);1H. The van der Waals surface area contributed by atoms with Gasteiger partial charge >= 0.3 is 0 Å². The number of hydrogen-bond donors (Lipinski definition) is 3. The van der Waals surface area contributed by atoms with E-state index < -0.39 is 0 Å². The van der Waals surface area contributed by atoms with Gasteiger partial charge in [0.2, 0.25) is 5.91 Å². The Bertz CT molecular complexity index is 662. The fourth-order valence-corrected chi connectivity index (χ4v) is 3.43. The number of nitrogens with one attached hydrogen (secondary N) is 3. The minimum atomic E-state index is 0. The van der Waals surface area contributed by atoms with Gasteiger partial charge in [-0.25, -0.2) is 0 Å². The van der Waals surface area contributed by atoms with Crippen molar-refractivity contribution in [3.63, 3.8) is 0 Å². The summed E-state index contributed by atoms with van der Waals surface area (Å²) in [5.41, 5.74) is 2.92. The van der Waals surface area contributed by atoms with E-state index in [1.807, 2.05) is 0 Å². The van der Waals surface area contributed by atoms with Crippen molar-refractivity contribution in [1.29, 1.82) is 0 Å². The van der Waals surface area contributed by atoms with Crippen LogP contribution in [0.1, 0.15) is 37.8 Å². The number of halogens is 1. The lowest BCUT2D eigenvalue weighted by atomic mass is 9.99. The average molecular weight is 499 g/mol. The number of amides is 1. The molecule has 7 heteroatoms. The predicted molar refractivity (Wildman–Crippen MR) is 125 cm³/mol. The van der Waals surface area contributed by atoms with Crippen LogP contribution in [0.3, 0.4) is 0 Å². The molecule has 0 bridgehead atoms. The summed E-state index contributed by atoms with van der Waals surface area (Å²) in [4.78, 5) is 18.9. The molecular formula is C21H34IN5O. The number of aliphatic imine (C=N–C) groups is 1. The van der Waals surface area contributed by atoms with Gasteiger partial charge in [-0.3, -0.25) is 14.7 Å². The molecule has 0 saturated heterocycles. The minimum absolute atomic E-state index is 0. The van der Waals surface area contributed by atoms with Gasteiger partial charge in [0.1, 0.15) is 0 Å². The Morgan fingerprint density at radius 1 is 1.18 bits per heavy atom. The van der Waals surface area contributed by atoms with E-state index in [-0.39, 0.29) is 35.8 Å². The van der Waals surface area contributed by atoms with Crippen LogP contribution in [0.2, 0.25) is 0 Å². The van der Waals surface area contributed by atoms with Crippen molar-refractivity contribution >= 4 is 35.8 Å². The van der Waals surface area contributed by atoms with Gasteiger partial charge < -0.3 is 16.0 Å². The molecule has 3 N–H and O–H groups in total. The van der Waals surface area contributed by atoms with E-state index in [9.17, 15) is 4.79 Å². The quantitative estimate of drug-likeness (QED) is 0.222. The van der Waals surface area contributed by atoms with Crippen LogP contribution in [-0.4, -0.2) is 55.5 Å². The Labute approximate surface area is 186 Å². The van der Waals surface area contributed by atoms with Crippen LogP contribution in [0.15, 0.2) is 29.3 Å². The molecule has 1 amide bonds. The first-order valence-electron chi connectivity index (χ1n) is 10.3. The predicted octanol–water partition coefficient (Wildman–Crippen LogP) is 2.13. The lowest BCUT2D eigenvalue weighted by molar-refractivity contribution is -0.122. The lowest BCUT2D eigenvalue weighted by Crippen LogP contribution is -2.43. The molecule has 156 valence electrons. The van der Waals surface area contributed by atoms with Crippen LogP contribution in [0.5, 0.6) is 0 Å². The molecule has 2 aliphatic rings. The summed E-state index contributed by atoms with van der Waals surface area (Å²) in [5.74, 6) is 1.28. The molecule has 1 aromatic carbocycles. The molecule has 1 fully saturated rings. The second-order valence-electron chi connectivity index (χ2n) is 7.55. The fourth-order valence-electron chi connectivity index (χ4n) is 3.43. The third kappa shape index (κ3) is 6.92. The molecule has 1 aromatic rings. The molecule has 3 rings (SSSR count). The SMILES string of the molecule is CCNC(=NCC(C)N1CCc2ccccc2C1)NCCNC(=O)C1CC1.I. The van der Waals surface area contributed by atoms with E-state index in [0.717, 1.165) is 51.4 Å². The second kappa shape index (κ2) is 11.6. The minimum Gasteiger partial charge on any atom is -0.357 e. The molecule has 0 radical (unpaired) electrons. The van der Waals surface area contributed by atoms with Crippen molar-refractivity contribution in [2.75, 3.05) is 32.7 Å². The number of benzene rings is 1. The van der Waals surface area contributed by atoms with Crippen LogP contribution in [0, 0.1) is 5.92 Å². The van der Waals surface area contributed by atoms with Crippen LogP contribution in [0.4, 0.5) is 0 Å².